The third kappa shape index (κ3) is 1.65. The second-order valence-electron chi connectivity index (χ2n) is 3.99. The molecule has 0 spiro atoms. The second-order valence-corrected chi connectivity index (χ2v) is 3.99. The van der Waals surface area contributed by atoms with E-state index in [0.29, 0.717) is 17.3 Å². The van der Waals surface area contributed by atoms with E-state index < -0.39 is 19.6 Å². The lowest BCUT2D eigenvalue weighted by Crippen LogP contribution is -2.40. The van der Waals surface area contributed by atoms with Crippen LogP contribution in [0.3, 0.4) is 0 Å². The molecule has 0 bridgehead atoms. The van der Waals surface area contributed by atoms with Crippen LogP contribution in [0.4, 0.5) is 0 Å². The summed E-state index contributed by atoms with van der Waals surface area (Å²) in [5.41, 5.74) is -0.525. The summed E-state index contributed by atoms with van der Waals surface area (Å²) >= 11 is 0. The minimum absolute atomic E-state index is 0.405. The first kappa shape index (κ1) is 10.2. The summed E-state index contributed by atoms with van der Waals surface area (Å²) in [7, 11) is -1.27. The minimum Gasteiger partial charge on any atom is -0.538 e. The first-order valence-electron chi connectivity index (χ1n) is 4.65. The maximum Gasteiger partial charge on any atom is 0.637 e. The fourth-order valence-electron chi connectivity index (χ4n) is 1.32. The Balaban J connectivity index is 2.07. The smallest absolute Gasteiger partial charge is 0.538 e. The third-order valence-corrected chi connectivity index (χ3v) is 2.39. The molecular formula is C9H12B2O4. The predicted molar refractivity (Wildman–Crippen MR) is 57.3 cm³/mol. The molecule has 4 nitrogen and oxygen atoms in total. The molecule has 0 aliphatic carbocycles. The number of hydrogen-bond acceptors (Lipinski definition) is 4. The summed E-state index contributed by atoms with van der Waals surface area (Å²) in [6.07, 6.45) is 0. The molecule has 0 aromatic rings. The molecule has 2 heterocycles. The topological polar surface area (TPSA) is 36.9 Å². The fraction of sp³-hybridized carbons (Fsp3) is 0.333. The Morgan fingerprint density at radius 2 is 1.47 bits per heavy atom. The maximum absolute atomic E-state index is 5.59. The van der Waals surface area contributed by atoms with Crippen LogP contribution < -0.4 is 0 Å². The van der Waals surface area contributed by atoms with Crippen molar-refractivity contribution in [3.05, 3.63) is 37.0 Å². The van der Waals surface area contributed by atoms with Gasteiger partial charge in [-0.2, -0.15) is 0 Å². The lowest BCUT2D eigenvalue weighted by Gasteiger charge is -2.15. The first-order chi connectivity index (χ1) is 6.90. The summed E-state index contributed by atoms with van der Waals surface area (Å²) < 4.78 is 21.6. The molecule has 0 atom stereocenters. The van der Waals surface area contributed by atoms with Gasteiger partial charge in [0.15, 0.2) is 0 Å². The summed E-state index contributed by atoms with van der Waals surface area (Å²) in [6, 6.07) is 0. The molecule has 2 aliphatic heterocycles. The molecule has 0 radical (unpaired) electrons. The van der Waals surface area contributed by atoms with Crippen LogP contribution >= 0.6 is 0 Å². The lowest BCUT2D eigenvalue weighted by molar-refractivity contribution is 0.171. The lowest BCUT2D eigenvalue weighted by atomic mass is 9.49. The Bertz CT molecular complexity index is 334. The van der Waals surface area contributed by atoms with Crippen LogP contribution in [0.2, 0.25) is 0 Å². The van der Waals surface area contributed by atoms with E-state index >= 15 is 0 Å². The van der Waals surface area contributed by atoms with E-state index in [4.69, 9.17) is 18.6 Å². The zero-order valence-corrected chi connectivity index (χ0v) is 8.91. The van der Waals surface area contributed by atoms with Crippen molar-refractivity contribution >= 4 is 14.0 Å². The molecule has 0 aromatic heterocycles. The van der Waals surface area contributed by atoms with Crippen molar-refractivity contribution < 1.29 is 18.6 Å². The molecule has 0 saturated carbocycles. The zero-order valence-electron chi connectivity index (χ0n) is 8.91. The molecule has 78 valence electrons. The summed E-state index contributed by atoms with van der Waals surface area (Å²) in [4.78, 5) is 0. The summed E-state index contributed by atoms with van der Waals surface area (Å²) in [6.45, 7) is 14.8. The van der Waals surface area contributed by atoms with Crippen molar-refractivity contribution in [2.24, 2.45) is 0 Å². The van der Waals surface area contributed by atoms with Crippen molar-refractivity contribution in [1.82, 2.24) is 0 Å². The minimum atomic E-state index is -0.650. The Labute approximate surface area is 89.8 Å². The quantitative estimate of drug-likeness (QED) is 0.608. The van der Waals surface area contributed by atoms with Crippen LogP contribution in [0.5, 0.6) is 0 Å². The largest absolute Gasteiger partial charge is 0.637 e. The number of rotatable bonds is 1. The normalized spacial score (nSPS) is 24.0. The van der Waals surface area contributed by atoms with Crippen molar-refractivity contribution in [2.45, 2.75) is 19.4 Å². The van der Waals surface area contributed by atoms with Crippen LogP contribution in [-0.4, -0.2) is 19.6 Å². The van der Waals surface area contributed by atoms with Gasteiger partial charge in [0.05, 0.1) is 5.76 Å². The van der Waals surface area contributed by atoms with E-state index in [-0.39, 0.29) is 0 Å². The van der Waals surface area contributed by atoms with Gasteiger partial charge in [0.25, 0.3) is 0 Å². The standard InChI is InChI=1S/C9H12B2O4/c1-6-7(2)13-10(12-6)11-14-8(3)9(4,5)15-11/h1-3H2,4-5H3. The van der Waals surface area contributed by atoms with Crippen LogP contribution in [0.25, 0.3) is 0 Å². The van der Waals surface area contributed by atoms with Gasteiger partial charge < -0.3 is 18.6 Å². The van der Waals surface area contributed by atoms with Gasteiger partial charge in [-0.3, -0.25) is 0 Å². The highest BCUT2D eigenvalue weighted by Gasteiger charge is 2.57. The van der Waals surface area contributed by atoms with Crippen molar-refractivity contribution in [2.75, 3.05) is 0 Å². The van der Waals surface area contributed by atoms with E-state index in [1.165, 1.54) is 0 Å². The zero-order chi connectivity index (χ0) is 11.2. The van der Waals surface area contributed by atoms with E-state index in [9.17, 15) is 0 Å². The predicted octanol–water partition coefficient (Wildman–Crippen LogP) is 1.45. The average molecular weight is 206 g/mol. The summed E-state index contributed by atoms with van der Waals surface area (Å²) in [5.74, 6) is 1.37. The second kappa shape index (κ2) is 3.10. The molecule has 0 unspecified atom stereocenters. The van der Waals surface area contributed by atoms with Gasteiger partial charge in [-0.1, -0.05) is 19.7 Å². The Kier molecular flexibility index (Phi) is 2.12. The first-order valence-corrected chi connectivity index (χ1v) is 4.65. The molecule has 2 saturated heterocycles. The van der Waals surface area contributed by atoms with Crippen molar-refractivity contribution in [3.8, 4) is 0 Å². The molecule has 6 heteroatoms. The highest BCUT2D eigenvalue weighted by atomic mass is 16.7. The van der Waals surface area contributed by atoms with Gasteiger partial charge >= 0.3 is 14.0 Å². The van der Waals surface area contributed by atoms with Crippen LogP contribution in [-0.2, 0) is 18.6 Å². The third-order valence-electron chi connectivity index (χ3n) is 2.39. The van der Waals surface area contributed by atoms with Gasteiger partial charge in [-0.25, -0.2) is 0 Å². The van der Waals surface area contributed by atoms with Crippen LogP contribution in [0, 0.1) is 0 Å². The highest BCUT2D eigenvalue weighted by molar-refractivity contribution is 7.11. The van der Waals surface area contributed by atoms with Crippen molar-refractivity contribution in [1.29, 1.82) is 0 Å². The van der Waals surface area contributed by atoms with Gasteiger partial charge in [0.1, 0.15) is 17.1 Å². The van der Waals surface area contributed by atoms with E-state index in [2.05, 4.69) is 19.7 Å². The number of hydrogen-bond donors (Lipinski definition) is 0. The molecular weight excluding hydrogens is 194 g/mol. The van der Waals surface area contributed by atoms with E-state index in [1.807, 2.05) is 13.8 Å². The van der Waals surface area contributed by atoms with E-state index in [0.717, 1.165) is 0 Å². The Hall–Kier alpha value is -1.29. The maximum atomic E-state index is 5.59. The molecule has 15 heavy (non-hydrogen) atoms. The van der Waals surface area contributed by atoms with Crippen LogP contribution in [0.1, 0.15) is 13.8 Å². The molecule has 2 aliphatic rings. The summed E-state index contributed by atoms with van der Waals surface area (Å²) in [5, 5.41) is 0. The molecule has 0 amide bonds. The van der Waals surface area contributed by atoms with Gasteiger partial charge in [0, 0.05) is 0 Å². The highest BCUT2D eigenvalue weighted by Crippen LogP contribution is 2.33. The average Bonchev–Trinajstić information content (AvgIpc) is 2.57. The molecule has 0 aromatic carbocycles. The molecule has 2 fully saturated rings. The van der Waals surface area contributed by atoms with Crippen LogP contribution in [0.15, 0.2) is 37.0 Å². The fourth-order valence-corrected chi connectivity index (χ4v) is 1.32. The SMILES string of the molecule is C=C1OB(B2OC(=C)C(C)(C)O2)OC1=C. The molecule has 0 N–H and O–H groups in total. The monoisotopic (exact) mass is 206 g/mol. The van der Waals surface area contributed by atoms with Gasteiger partial charge in [-0.05, 0) is 13.8 Å². The molecule has 2 rings (SSSR count). The van der Waals surface area contributed by atoms with Crippen molar-refractivity contribution in [3.63, 3.8) is 0 Å². The van der Waals surface area contributed by atoms with E-state index in [1.54, 1.807) is 0 Å². The Morgan fingerprint density at radius 3 is 1.87 bits per heavy atom. The Morgan fingerprint density at radius 1 is 0.933 bits per heavy atom. The van der Waals surface area contributed by atoms with Gasteiger partial charge in [-0.15, -0.1) is 0 Å². The van der Waals surface area contributed by atoms with Gasteiger partial charge in [0.2, 0.25) is 0 Å².